The number of aromatic nitrogens is 2. The molecule has 7 heteroatoms. The molecular weight excluding hydrogens is 289 g/mol. The summed E-state index contributed by atoms with van der Waals surface area (Å²) in [5, 5.41) is 2.72. The number of nitrogens with one attached hydrogen (secondary N) is 1. The molecule has 0 unspecified atom stereocenters. The quantitative estimate of drug-likeness (QED) is 0.885. The van der Waals surface area contributed by atoms with Crippen molar-refractivity contribution in [3.63, 3.8) is 0 Å². The molecule has 0 spiro atoms. The van der Waals surface area contributed by atoms with Crippen LogP contribution >= 0.6 is 23.2 Å². The van der Waals surface area contributed by atoms with E-state index in [1.807, 2.05) is 0 Å². The van der Waals surface area contributed by atoms with Gasteiger partial charge in [-0.2, -0.15) is 0 Å². The summed E-state index contributed by atoms with van der Waals surface area (Å²) >= 11 is 11.6. The van der Waals surface area contributed by atoms with E-state index in [-0.39, 0.29) is 16.0 Å². The standard InChI is InChI=1S/C12H9Cl2N3O2/c1-19-8-5-3-2-4-7(8)12(18)17-11-9(13)10(14)15-6-16-11/h2-6H,1H3,(H,15,16,17,18). The monoisotopic (exact) mass is 297 g/mol. The lowest BCUT2D eigenvalue weighted by Gasteiger charge is -2.09. The van der Waals surface area contributed by atoms with E-state index in [1.165, 1.54) is 13.4 Å². The SMILES string of the molecule is COc1ccccc1C(=O)Nc1ncnc(Cl)c1Cl. The molecule has 0 fully saturated rings. The van der Waals surface area contributed by atoms with E-state index in [0.29, 0.717) is 11.3 Å². The molecule has 2 rings (SSSR count). The van der Waals surface area contributed by atoms with Crippen molar-refractivity contribution in [1.82, 2.24) is 9.97 Å². The van der Waals surface area contributed by atoms with Gasteiger partial charge in [0, 0.05) is 0 Å². The number of para-hydroxylation sites is 1. The Hall–Kier alpha value is -1.85. The van der Waals surface area contributed by atoms with Gasteiger partial charge in [-0.1, -0.05) is 35.3 Å². The van der Waals surface area contributed by atoms with Gasteiger partial charge in [0.15, 0.2) is 11.0 Å². The van der Waals surface area contributed by atoms with Crippen LogP contribution in [0.2, 0.25) is 10.2 Å². The van der Waals surface area contributed by atoms with Gasteiger partial charge in [0.25, 0.3) is 5.91 Å². The highest BCUT2D eigenvalue weighted by Crippen LogP contribution is 2.26. The molecule has 98 valence electrons. The highest BCUT2D eigenvalue weighted by atomic mass is 35.5. The minimum Gasteiger partial charge on any atom is -0.496 e. The predicted octanol–water partition coefficient (Wildman–Crippen LogP) is 3.04. The molecule has 0 radical (unpaired) electrons. The molecule has 0 aliphatic carbocycles. The lowest BCUT2D eigenvalue weighted by Crippen LogP contribution is -2.14. The third kappa shape index (κ3) is 2.94. The van der Waals surface area contributed by atoms with E-state index in [9.17, 15) is 4.79 Å². The van der Waals surface area contributed by atoms with Crippen LogP contribution in [-0.2, 0) is 0 Å². The topological polar surface area (TPSA) is 64.1 Å². The first kappa shape index (κ1) is 13.6. The maximum atomic E-state index is 12.1. The van der Waals surface area contributed by atoms with Crippen LogP contribution in [0.3, 0.4) is 0 Å². The number of carbonyl (C=O) groups is 1. The molecule has 0 bridgehead atoms. The largest absolute Gasteiger partial charge is 0.496 e. The molecule has 19 heavy (non-hydrogen) atoms. The molecule has 5 nitrogen and oxygen atoms in total. The minimum atomic E-state index is -0.394. The fraction of sp³-hybridized carbons (Fsp3) is 0.0833. The number of methoxy groups -OCH3 is 1. The van der Waals surface area contributed by atoms with E-state index in [4.69, 9.17) is 27.9 Å². The van der Waals surface area contributed by atoms with Gasteiger partial charge in [0.05, 0.1) is 12.7 Å². The number of nitrogens with zero attached hydrogens (tertiary/aromatic N) is 2. The number of hydrogen-bond donors (Lipinski definition) is 1. The van der Waals surface area contributed by atoms with Gasteiger partial charge in [-0.25, -0.2) is 9.97 Å². The molecule has 0 aliphatic heterocycles. The van der Waals surface area contributed by atoms with Crippen molar-refractivity contribution < 1.29 is 9.53 Å². The van der Waals surface area contributed by atoms with Crippen LogP contribution in [0.5, 0.6) is 5.75 Å². The second-order valence-electron chi connectivity index (χ2n) is 3.48. The predicted molar refractivity (Wildman–Crippen MR) is 73.0 cm³/mol. The summed E-state index contributed by atoms with van der Waals surface area (Å²) < 4.78 is 5.11. The van der Waals surface area contributed by atoms with Crippen LogP contribution in [0.15, 0.2) is 30.6 Å². The van der Waals surface area contributed by atoms with Gasteiger partial charge < -0.3 is 10.1 Å². The fourth-order valence-corrected chi connectivity index (χ4v) is 1.72. The molecule has 0 saturated carbocycles. The van der Waals surface area contributed by atoms with Crippen LogP contribution in [0.25, 0.3) is 0 Å². The van der Waals surface area contributed by atoms with Gasteiger partial charge in [-0.05, 0) is 12.1 Å². The van der Waals surface area contributed by atoms with Crippen molar-refractivity contribution in [1.29, 1.82) is 0 Å². The number of anilines is 1. The number of benzene rings is 1. The Labute approximate surface area is 119 Å². The zero-order valence-corrected chi connectivity index (χ0v) is 11.4. The van der Waals surface area contributed by atoms with E-state index < -0.39 is 5.91 Å². The average Bonchev–Trinajstić information content (AvgIpc) is 2.43. The van der Waals surface area contributed by atoms with Crippen LogP contribution in [0.1, 0.15) is 10.4 Å². The van der Waals surface area contributed by atoms with E-state index in [1.54, 1.807) is 24.3 Å². The van der Waals surface area contributed by atoms with E-state index in [2.05, 4.69) is 15.3 Å². The zero-order chi connectivity index (χ0) is 13.8. The highest BCUT2D eigenvalue weighted by Gasteiger charge is 2.15. The van der Waals surface area contributed by atoms with Crippen LogP contribution < -0.4 is 10.1 Å². The molecule has 0 atom stereocenters. The molecule has 0 saturated heterocycles. The van der Waals surface area contributed by atoms with E-state index >= 15 is 0 Å². The summed E-state index contributed by atoms with van der Waals surface area (Å²) in [6.45, 7) is 0. The molecule has 1 N–H and O–H groups in total. The number of halogens is 2. The number of ether oxygens (including phenoxy) is 1. The zero-order valence-electron chi connectivity index (χ0n) is 9.85. The summed E-state index contributed by atoms with van der Waals surface area (Å²) in [6, 6.07) is 6.81. The fourth-order valence-electron chi connectivity index (χ4n) is 1.44. The summed E-state index contributed by atoms with van der Waals surface area (Å²) in [4.78, 5) is 19.7. The Morgan fingerprint density at radius 3 is 2.74 bits per heavy atom. The van der Waals surface area contributed by atoms with Crippen LogP contribution in [0, 0.1) is 0 Å². The Morgan fingerprint density at radius 1 is 1.26 bits per heavy atom. The smallest absolute Gasteiger partial charge is 0.260 e. The number of amides is 1. The second-order valence-corrected chi connectivity index (χ2v) is 4.22. The third-order valence-corrected chi connectivity index (χ3v) is 3.07. The third-order valence-electron chi connectivity index (χ3n) is 2.33. The summed E-state index contributed by atoms with van der Waals surface area (Å²) in [6.07, 6.45) is 1.21. The Balaban J connectivity index is 2.28. The van der Waals surface area contributed by atoms with Gasteiger partial charge in [-0.15, -0.1) is 0 Å². The van der Waals surface area contributed by atoms with Crippen molar-refractivity contribution in [3.05, 3.63) is 46.3 Å². The Bertz CT molecular complexity index is 620. The summed E-state index contributed by atoms with van der Waals surface area (Å²) in [5.41, 5.74) is 0.371. The normalized spacial score (nSPS) is 10.1. The van der Waals surface area contributed by atoms with Crippen LogP contribution in [-0.4, -0.2) is 23.0 Å². The van der Waals surface area contributed by atoms with Crippen molar-refractivity contribution in [3.8, 4) is 5.75 Å². The lowest BCUT2D eigenvalue weighted by molar-refractivity contribution is 0.102. The maximum Gasteiger partial charge on any atom is 0.260 e. The van der Waals surface area contributed by atoms with Gasteiger partial charge in [0.2, 0.25) is 0 Å². The average molecular weight is 298 g/mol. The number of hydrogen-bond acceptors (Lipinski definition) is 4. The lowest BCUT2D eigenvalue weighted by atomic mass is 10.2. The molecule has 1 amide bonds. The van der Waals surface area contributed by atoms with Crippen molar-refractivity contribution in [2.24, 2.45) is 0 Å². The molecule has 0 aliphatic rings. The summed E-state index contributed by atoms with van der Waals surface area (Å²) in [7, 11) is 1.49. The second kappa shape index (κ2) is 5.86. The molecule has 2 aromatic rings. The van der Waals surface area contributed by atoms with Crippen molar-refractivity contribution >= 4 is 34.9 Å². The molecule has 1 aromatic carbocycles. The van der Waals surface area contributed by atoms with Gasteiger partial charge in [-0.3, -0.25) is 4.79 Å². The van der Waals surface area contributed by atoms with Gasteiger partial charge >= 0.3 is 0 Å². The molecule has 1 aromatic heterocycles. The van der Waals surface area contributed by atoms with E-state index in [0.717, 1.165) is 0 Å². The van der Waals surface area contributed by atoms with Crippen molar-refractivity contribution in [2.75, 3.05) is 12.4 Å². The summed E-state index contributed by atoms with van der Waals surface area (Å²) in [5.74, 6) is 0.211. The Morgan fingerprint density at radius 2 is 2.00 bits per heavy atom. The maximum absolute atomic E-state index is 12.1. The first-order chi connectivity index (χ1) is 9.13. The molecule has 1 heterocycles. The van der Waals surface area contributed by atoms with Crippen molar-refractivity contribution in [2.45, 2.75) is 0 Å². The van der Waals surface area contributed by atoms with Gasteiger partial charge in [0.1, 0.15) is 17.1 Å². The number of carbonyl (C=O) groups excluding carboxylic acids is 1. The number of rotatable bonds is 3. The minimum absolute atomic E-state index is 0.0759. The first-order valence-electron chi connectivity index (χ1n) is 5.24. The Kier molecular flexibility index (Phi) is 4.19. The molecular formula is C12H9Cl2N3O2. The highest BCUT2D eigenvalue weighted by molar-refractivity contribution is 6.43. The van der Waals surface area contributed by atoms with Crippen LogP contribution in [0.4, 0.5) is 5.82 Å². The first-order valence-corrected chi connectivity index (χ1v) is 5.99.